The second-order valence-electron chi connectivity index (χ2n) is 4.36. The van der Waals surface area contributed by atoms with Gasteiger partial charge >= 0.3 is 0 Å². The third-order valence-electron chi connectivity index (χ3n) is 3.24. The van der Waals surface area contributed by atoms with Gasteiger partial charge in [-0.05, 0) is 25.0 Å². The predicted octanol–water partition coefficient (Wildman–Crippen LogP) is 2.22. The first kappa shape index (κ1) is 13.0. The molecule has 0 unspecified atom stereocenters. The molecule has 1 aromatic rings. The molecule has 0 atom stereocenters. The van der Waals surface area contributed by atoms with Crippen molar-refractivity contribution < 1.29 is 18.3 Å². The molecule has 0 aliphatic carbocycles. The zero-order valence-corrected chi connectivity index (χ0v) is 10.2. The molecule has 1 heterocycles. The van der Waals surface area contributed by atoms with E-state index >= 15 is 0 Å². The molecule has 18 heavy (non-hydrogen) atoms. The van der Waals surface area contributed by atoms with Gasteiger partial charge in [-0.3, -0.25) is 4.79 Å². The number of carbonyl (C=O) groups excluding carboxylic acids is 1. The molecule has 1 aliphatic heterocycles. The SMILES string of the molecule is CN(C(=O)c1cccc(F)c1F)C1CCOCC1. The molecule has 0 bridgehead atoms. The number of amides is 1. The summed E-state index contributed by atoms with van der Waals surface area (Å²) in [4.78, 5) is 13.6. The molecule has 1 aliphatic rings. The Labute approximate surface area is 104 Å². The van der Waals surface area contributed by atoms with Crippen molar-refractivity contribution in [1.29, 1.82) is 0 Å². The van der Waals surface area contributed by atoms with Crippen molar-refractivity contribution in [2.75, 3.05) is 20.3 Å². The number of halogens is 2. The van der Waals surface area contributed by atoms with Crippen molar-refractivity contribution in [1.82, 2.24) is 4.90 Å². The summed E-state index contributed by atoms with van der Waals surface area (Å²) < 4.78 is 31.8. The molecular formula is C13H15F2NO2. The van der Waals surface area contributed by atoms with E-state index in [1.54, 1.807) is 7.05 Å². The Bertz CT molecular complexity index is 445. The van der Waals surface area contributed by atoms with Gasteiger partial charge in [-0.2, -0.15) is 0 Å². The summed E-state index contributed by atoms with van der Waals surface area (Å²) in [5.41, 5.74) is -0.219. The average molecular weight is 255 g/mol. The summed E-state index contributed by atoms with van der Waals surface area (Å²) in [5.74, 6) is -2.57. The van der Waals surface area contributed by atoms with Crippen LogP contribution < -0.4 is 0 Å². The van der Waals surface area contributed by atoms with E-state index in [4.69, 9.17) is 4.74 Å². The highest BCUT2D eigenvalue weighted by Gasteiger charge is 2.25. The number of benzene rings is 1. The highest BCUT2D eigenvalue weighted by atomic mass is 19.2. The van der Waals surface area contributed by atoms with E-state index in [0.29, 0.717) is 13.2 Å². The van der Waals surface area contributed by atoms with Crippen LogP contribution >= 0.6 is 0 Å². The maximum Gasteiger partial charge on any atom is 0.256 e. The van der Waals surface area contributed by atoms with E-state index in [1.807, 2.05) is 0 Å². The number of hydrogen-bond acceptors (Lipinski definition) is 2. The van der Waals surface area contributed by atoms with Crippen LogP contribution in [-0.2, 0) is 4.74 Å². The summed E-state index contributed by atoms with van der Waals surface area (Å²) in [6.45, 7) is 1.18. The van der Waals surface area contributed by atoms with Crippen LogP contribution in [0.3, 0.4) is 0 Å². The van der Waals surface area contributed by atoms with Crippen molar-refractivity contribution in [2.45, 2.75) is 18.9 Å². The zero-order valence-electron chi connectivity index (χ0n) is 10.2. The van der Waals surface area contributed by atoms with Crippen molar-refractivity contribution in [2.24, 2.45) is 0 Å². The number of carbonyl (C=O) groups is 1. The van der Waals surface area contributed by atoms with Crippen LogP contribution in [0, 0.1) is 11.6 Å². The van der Waals surface area contributed by atoms with Gasteiger partial charge < -0.3 is 9.64 Å². The lowest BCUT2D eigenvalue weighted by Gasteiger charge is -2.31. The third-order valence-corrected chi connectivity index (χ3v) is 3.24. The van der Waals surface area contributed by atoms with Crippen LogP contribution in [0.5, 0.6) is 0 Å². The molecule has 1 amide bonds. The number of ether oxygens (including phenoxy) is 1. The van der Waals surface area contributed by atoms with Gasteiger partial charge in [0.1, 0.15) is 0 Å². The van der Waals surface area contributed by atoms with E-state index in [2.05, 4.69) is 0 Å². The first-order valence-corrected chi connectivity index (χ1v) is 5.90. The summed E-state index contributed by atoms with van der Waals surface area (Å²) >= 11 is 0. The zero-order chi connectivity index (χ0) is 13.1. The largest absolute Gasteiger partial charge is 0.381 e. The van der Waals surface area contributed by atoms with E-state index < -0.39 is 17.5 Å². The molecule has 5 heteroatoms. The van der Waals surface area contributed by atoms with E-state index in [1.165, 1.54) is 17.0 Å². The monoisotopic (exact) mass is 255 g/mol. The number of hydrogen-bond donors (Lipinski definition) is 0. The molecule has 0 aromatic heterocycles. The van der Waals surface area contributed by atoms with E-state index in [-0.39, 0.29) is 11.6 Å². The second kappa shape index (κ2) is 5.44. The highest BCUT2D eigenvalue weighted by Crippen LogP contribution is 2.18. The predicted molar refractivity (Wildman–Crippen MR) is 62.3 cm³/mol. The van der Waals surface area contributed by atoms with Gasteiger partial charge in [0, 0.05) is 26.3 Å². The molecular weight excluding hydrogens is 240 g/mol. The normalized spacial score (nSPS) is 16.6. The Morgan fingerprint density at radius 1 is 1.33 bits per heavy atom. The van der Waals surface area contributed by atoms with Crippen LogP contribution in [0.25, 0.3) is 0 Å². The smallest absolute Gasteiger partial charge is 0.256 e. The number of nitrogens with zero attached hydrogens (tertiary/aromatic N) is 1. The molecule has 1 fully saturated rings. The maximum absolute atomic E-state index is 13.5. The minimum Gasteiger partial charge on any atom is -0.381 e. The molecule has 0 spiro atoms. The van der Waals surface area contributed by atoms with E-state index in [9.17, 15) is 13.6 Å². The van der Waals surface area contributed by atoms with Gasteiger partial charge in [-0.25, -0.2) is 8.78 Å². The Morgan fingerprint density at radius 2 is 2.00 bits per heavy atom. The molecule has 3 nitrogen and oxygen atoms in total. The van der Waals surface area contributed by atoms with Crippen LogP contribution in [0.4, 0.5) is 8.78 Å². The van der Waals surface area contributed by atoms with Crippen molar-refractivity contribution in [3.05, 3.63) is 35.4 Å². The Kier molecular flexibility index (Phi) is 3.91. The average Bonchev–Trinajstić information content (AvgIpc) is 2.41. The molecule has 2 rings (SSSR count). The topological polar surface area (TPSA) is 29.5 Å². The molecule has 0 saturated carbocycles. The molecule has 0 radical (unpaired) electrons. The van der Waals surface area contributed by atoms with Crippen LogP contribution in [-0.4, -0.2) is 37.1 Å². The van der Waals surface area contributed by atoms with Crippen LogP contribution in [0.15, 0.2) is 18.2 Å². The quantitative estimate of drug-likeness (QED) is 0.811. The fourth-order valence-corrected chi connectivity index (χ4v) is 2.10. The van der Waals surface area contributed by atoms with Gasteiger partial charge in [0.15, 0.2) is 11.6 Å². The van der Waals surface area contributed by atoms with Gasteiger partial charge in [0.2, 0.25) is 0 Å². The Hall–Kier alpha value is -1.49. The van der Waals surface area contributed by atoms with Gasteiger partial charge in [0.25, 0.3) is 5.91 Å². The number of rotatable bonds is 2. The first-order chi connectivity index (χ1) is 8.61. The molecule has 1 aromatic carbocycles. The highest BCUT2D eigenvalue weighted by molar-refractivity contribution is 5.94. The lowest BCUT2D eigenvalue weighted by Crippen LogP contribution is -2.41. The Morgan fingerprint density at radius 3 is 2.67 bits per heavy atom. The first-order valence-electron chi connectivity index (χ1n) is 5.90. The minimum atomic E-state index is -1.08. The Balaban J connectivity index is 2.17. The van der Waals surface area contributed by atoms with E-state index in [0.717, 1.165) is 18.9 Å². The van der Waals surface area contributed by atoms with Gasteiger partial charge in [0.05, 0.1) is 5.56 Å². The van der Waals surface area contributed by atoms with Crippen molar-refractivity contribution in [3.63, 3.8) is 0 Å². The lowest BCUT2D eigenvalue weighted by molar-refractivity contribution is 0.0359. The van der Waals surface area contributed by atoms with Crippen LogP contribution in [0.1, 0.15) is 23.2 Å². The van der Waals surface area contributed by atoms with Crippen molar-refractivity contribution in [3.8, 4) is 0 Å². The van der Waals surface area contributed by atoms with Crippen LogP contribution in [0.2, 0.25) is 0 Å². The minimum absolute atomic E-state index is 0.0221. The fraction of sp³-hybridized carbons (Fsp3) is 0.462. The molecule has 98 valence electrons. The summed E-state index contributed by atoms with van der Waals surface area (Å²) in [5, 5.41) is 0. The lowest BCUT2D eigenvalue weighted by atomic mass is 10.1. The van der Waals surface area contributed by atoms with Crippen molar-refractivity contribution >= 4 is 5.91 Å². The second-order valence-corrected chi connectivity index (χ2v) is 4.36. The summed E-state index contributed by atoms with van der Waals surface area (Å²) in [7, 11) is 1.61. The maximum atomic E-state index is 13.5. The summed E-state index contributed by atoms with van der Waals surface area (Å²) in [6.07, 6.45) is 1.44. The van der Waals surface area contributed by atoms with Gasteiger partial charge in [-0.1, -0.05) is 6.07 Å². The molecule has 0 N–H and O–H groups in total. The summed E-state index contributed by atoms with van der Waals surface area (Å²) in [6, 6.07) is 3.66. The van der Waals surface area contributed by atoms with Gasteiger partial charge in [-0.15, -0.1) is 0 Å². The standard InChI is InChI=1S/C13H15F2NO2/c1-16(9-5-7-18-8-6-9)13(17)10-3-2-4-11(14)12(10)15/h2-4,9H,5-8H2,1H3. The fourth-order valence-electron chi connectivity index (χ4n) is 2.10. The molecule has 1 saturated heterocycles. The third kappa shape index (κ3) is 2.51.